The lowest BCUT2D eigenvalue weighted by atomic mass is 9.81. The molecule has 2 atom stereocenters. The Morgan fingerprint density at radius 3 is 0.786 bits per heavy atom. The van der Waals surface area contributed by atoms with Crippen molar-refractivity contribution >= 4 is 23.7 Å². The van der Waals surface area contributed by atoms with Crippen LogP contribution in [0, 0.1) is 5.92 Å². The van der Waals surface area contributed by atoms with Crippen molar-refractivity contribution in [2.45, 2.75) is 348 Å². The largest absolute Gasteiger partial charge is 0.466 e. The van der Waals surface area contributed by atoms with Crippen LogP contribution >= 0.6 is 0 Å². The summed E-state index contributed by atoms with van der Waals surface area (Å²) in [6.45, 7) is 8.20. The van der Waals surface area contributed by atoms with Crippen LogP contribution in [-0.2, 0) is 33.4 Å². The second-order valence-electron chi connectivity index (χ2n) is 21.6. The minimum atomic E-state index is -2.71. The number of ether oxygens (including phenoxy) is 3. The maximum absolute atomic E-state index is 13.6. The molecule has 0 rings (SSSR count). The Balaban J connectivity index is 4.77. The number of ketones is 1. The van der Waals surface area contributed by atoms with Gasteiger partial charge in [0.15, 0.2) is 11.5 Å². The lowest BCUT2D eigenvalue weighted by Crippen LogP contribution is -2.55. The number of Topliss-reactive ketones (excluding diaryl/α,β-unsaturated/α-hetero) is 1. The van der Waals surface area contributed by atoms with Gasteiger partial charge in [0.1, 0.15) is 5.78 Å². The van der Waals surface area contributed by atoms with Crippen molar-refractivity contribution in [3.63, 3.8) is 0 Å². The summed E-state index contributed by atoms with van der Waals surface area (Å²) in [7, 11) is 0. The molecule has 414 valence electrons. The summed E-state index contributed by atoms with van der Waals surface area (Å²) in [5, 5.41) is 11.9. The summed E-state index contributed by atoms with van der Waals surface area (Å²) in [6.07, 6.45) is 58.1. The highest BCUT2D eigenvalue weighted by Crippen LogP contribution is 2.28. The third kappa shape index (κ3) is 43.6. The van der Waals surface area contributed by atoms with E-state index < -0.39 is 41.6 Å². The van der Waals surface area contributed by atoms with Crippen molar-refractivity contribution < 1.29 is 38.5 Å². The van der Waals surface area contributed by atoms with Gasteiger partial charge < -0.3 is 19.3 Å². The Morgan fingerprint density at radius 1 is 0.329 bits per heavy atom. The molecule has 8 nitrogen and oxygen atoms in total. The molecule has 0 bridgehead atoms. The third-order valence-corrected chi connectivity index (χ3v) is 14.6. The Kier molecular flexibility index (Phi) is 51.8. The maximum Gasteiger partial charge on any atom is 0.340 e. The summed E-state index contributed by atoms with van der Waals surface area (Å²) >= 11 is 0. The van der Waals surface area contributed by atoms with E-state index in [-0.39, 0.29) is 19.8 Å². The molecule has 8 heteroatoms. The number of unbranched alkanes of at least 4 members (excludes halogenated alkanes) is 45. The predicted octanol–water partition coefficient (Wildman–Crippen LogP) is 18.7. The quantitative estimate of drug-likeness (QED) is 0.0277. The van der Waals surface area contributed by atoms with Gasteiger partial charge in [-0.1, -0.05) is 310 Å². The van der Waals surface area contributed by atoms with Crippen LogP contribution in [0.15, 0.2) is 0 Å². The van der Waals surface area contributed by atoms with Crippen molar-refractivity contribution in [3.8, 4) is 0 Å². The fourth-order valence-corrected chi connectivity index (χ4v) is 9.94. The van der Waals surface area contributed by atoms with E-state index in [1.54, 1.807) is 0 Å². The zero-order valence-electron chi connectivity index (χ0n) is 47.2. The molecule has 0 aliphatic carbocycles. The smallest absolute Gasteiger partial charge is 0.340 e. The fraction of sp³-hybridized carbons (Fsp3) is 0.935. The summed E-state index contributed by atoms with van der Waals surface area (Å²) in [5.41, 5.74) is -2.71. The Morgan fingerprint density at radius 2 is 0.543 bits per heavy atom. The molecular formula is C62H118O8. The van der Waals surface area contributed by atoms with Crippen LogP contribution in [-0.4, -0.2) is 54.2 Å². The molecule has 0 spiro atoms. The molecule has 0 aromatic rings. The molecular weight excluding hydrogens is 873 g/mol. The van der Waals surface area contributed by atoms with E-state index in [2.05, 4.69) is 20.8 Å². The molecule has 0 heterocycles. The normalized spacial score (nSPS) is 12.8. The maximum atomic E-state index is 13.6. The van der Waals surface area contributed by atoms with Gasteiger partial charge in [-0.25, -0.2) is 4.79 Å². The number of carbonyl (C=O) groups is 4. The fourth-order valence-electron chi connectivity index (χ4n) is 9.94. The van der Waals surface area contributed by atoms with E-state index >= 15 is 0 Å². The predicted molar refractivity (Wildman–Crippen MR) is 295 cm³/mol. The summed E-state index contributed by atoms with van der Waals surface area (Å²) in [4.78, 5) is 53.3. The van der Waals surface area contributed by atoms with Gasteiger partial charge >= 0.3 is 17.9 Å². The molecule has 0 radical (unpaired) electrons. The first-order chi connectivity index (χ1) is 34.2. The molecule has 2 unspecified atom stereocenters. The number of aliphatic hydroxyl groups is 1. The number of esters is 3. The van der Waals surface area contributed by atoms with Crippen molar-refractivity contribution in [1.82, 2.24) is 0 Å². The Hall–Kier alpha value is -1.96. The zero-order chi connectivity index (χ0) is 51.3. The topological polar surface area (TPSA) is 116 Å². The van der Waals surface area contributed by atoms with E-state index in [0.29, 0.717) is 19.3 Å². The average molecular weight is 992 g/mol. The van der Waals surface area contributed by atoms with E-state index in [9.17, 15) is 24.3 Å². The molecule has 70 heavy (non-hydrogen) atoms. The first kappa shape index (κ1) is 68.0. The minimum Gasteiger partial charge on any atom is -0.466 e. The molecule has 0 aliphatic rings. The molecule has 0 saturated carbocycles. The summed E-state index contributed by atoms with van der Waals surface area (Å²) in [5.74, 6) is -5.60. The summed E-state index contributed by atoms with van der Waals surface area (Å²) < 4.78 is 16.5. The molecule has 0 saturated heterocycles. The van der Waals surface area contributed by atoms with Crippen LogP contribution in [0.3, 0.4) is 0 Å². The number of rotatable bonds is 57. The molecule has 0 amide bonds. The van der Waals surface area contributed by atoms with Crippen molar-refractivity contribution in [1.29, 1.82) is 0 Å². The van der Waals surface area contributed by atoms with E-state index in [1.165, 1.54) is 231 Å². The Labute approximate surface area is 434 Å². The van der Waals surface area contributed by atoms with Gasteiger partial charge in [0.05, 0.1) is 26.2 Å². The van der Waals surface area contributed by atoms with Crippen LogP contribution in [0.4, 0.5) is 0 Å². The van der Waals surface area contributed by atoms with E-state index in [0.717, 1.165) is 64.7 Å². The molecule has 1 N–H and O–H groups in total. The number of carbonyl (C=O) groups excluding carboxylic acids is 4. The van der Waals surface area contributed by atoms with Gasteiger partial charge in [0.25, 0.3) is 0 Å². The van der Waals surface area contributed by atoms with Gasteiger partial charge in [0, 0.05) is 0 Å². The molecule has 0 aromatic carbocycles. The van der Waals surface area contributed by atoms with Gasteiger partial charge in [-0.2, -0.15) is 0 Å². The third-order valence-electron chi connectivity index (χ3n) is 14.6. The monoisotopic (exact) mass is 991 g/mol. The van der Waals surface area contributed by atoms with Crippen LogP contribution in [0.5, 0.6) is 0 Å². The van der Waals surface area contributed by atoms with Gasteiger partial charge in [0.2, 0.25) is 0 Å². The van der Waals surface area contributed by atoms with E-state index in [1.807, 2.05) is 0 Å². The summed E-state index contributed by atoms with van der Waals surface area (Å²) in [6, 6.07) is 0. The van der Waals surface area contributed by atoms with Crippen molar-refractivity contribution in [3.05, 3.63) is 0 Å². The van der Waals surface area contributed by atoms with Crippen LogP contribution < -0.4 is 0 Å². The standard InChI is InChI=1S/C62H118O8/c1-5-8-11-14-17-20-23-26-29-32-35-38-41-44-47-50-53-68-58(64)56-62(67,61(66)70-55-52-49-46-43-40-37-34-31-28-25-22-19-16-13-10-7-3)59(57(4)63)60(65)69-54-51-48-45-42-39-36-33-30-27-24-21-18-15-12-9-6-2/h59,67H,5-56H2,1-4H3. The van der Waals surface area contributed by atoms with Gasteiger partial charge in [-0.15, -0.1) is 0 Å². The number of hydrogen-bond donors (Lipinski definition) is 1. The van der Waals surface area contributed by atoms with Crippen LogP contribution in [0.25, 0.3) is 0 Å². The van der Waals surface area contributed by atoms with Crippen LogP contribution in [0.2, 0.25) is 0 Å². The zero-order valence-corrected chi connectivity index (χ0v) is 47.2. The van der Waals surface area contributed by atoms with Crippen LogP contribution in [0.1, 0.15) is 342 Å². The van der Waals surface area contributed by atoms with Crippen molar-refractivity contribution in [2.24, 2.45) is 5.92 Å². The molecule has 0 fully saturated rings. The lowest BCUT2D eigenvalue weighted by molar-refractivity contribution is -0.187. The van der Waals surface area contributed by atoms with Crippen molar-refractivity contribution in [2.75, 3.05) is 19.8 Å². The second kappa shape index (κ2) is 53.3. The van der Waals surface area contributed by atoms with Gasteiger partial charge in [-0.3, -0.25) is 14.4 Å². The second-order valence-corrected chi connectivity index (χ2v) is 21.6. The SMILES string of the molecule is CCCCCCCCCCCCCCCCCCOC(=O)CC(O)(C(=O)OCCCCCCCCCCCCCCCCCC)C(C(C)=O)C(=O)OCCCCCCCCCCCCCCCCCC. The highest BCUT2D eigenvalue weighted by molar-refractivity contribution is 6.05. The molecule has 0 aliphatic heterocycles. The highest BCUT2D eigenvalue weighted by atomic mass is 16.6. The Bertz CT molecular complexity index is 1160. The first-order valence-electron chi connectivity index (χ1n) is 31.0. The highest BCUT2D eigenvalue weighted by Gasteiger charge is 2.54. The number of hydrogen-bond acceptors (Lipinski definition) is 8. The van der Waals surface area contributed by atoms with Gasteiger partial charge in [-0.05, 0) is 26.2 Å². The lowest BCUT2D eigenvalue weighted by Gasteiger charge is -2.30. The molecule has 0 aromatic heterocycles. The minimum absolute atomic E-state index is 0.0344. The van der Waals surface area contributed by atoms with E-state index in [4.69, 9.17) is 14.2 Å². The first-order valence-corrected chi connectivity index (χ1v) is 31.0. The average Bonchev–Trinajstić information content (AvgIpc) is 3.34.